The third-order valence-corrected chi connectivity index (χ3v) is 2.71. The van der Waals surface area contributed by atoms with Gasteiger partial charge in [0.15, 0.2) is 0 Å². The lowest BCUT2D eigenvalue weighted by Crippen LogP contribution is -1.95. The molecule has 1 aromatic carbocycles. The van der Waals surface area contributed by atoms with Gasteiger partial charge >= 0.3 is 0 Å². The zero-order valence-corrected chi connectivity index (χ0v) is 9.63. The van der Waals surface area contributed by atoms with Crippen molar-refractivity contribution in [2.75, 3.05) is 7.11 Å². The SMILES string of the molecule is COc1ccc([N+](=O)[O-])c(Cl)c1CBr. The summed E-state index contributed by atoms with van der Waals surface area (Å²) in [6.07, 6.45) is 0. The van der Waals surface area contributed by atoms with Gasteiger partial charge < -0.3 is 4.74 Å². The molecule has 0 aliphatic rings. The van der Waals surface area contributed by atoms with Gasteiger partial charge in [-0.05, 0) is 6.07 Å². The standard InChI is InChI=1S/C8H7BrClNO3/c1-14-7-3-2-6(11(12)13)8(10)5(7)4-9/h2-3H,4H2,1H3. The molecule has 0 N–H and O–H groups in total. The van der Waals surface area contributed by atoms with E-state index in [2.05, 4.69) is 15.9 Å². The second-order valence-corrected chi connectivity index (χ2v) is 3.41. The van der Waals surface area contributed by atoms with Crippen molar-refractivity contribution in [3.63, 3.8) is 0 Å². The van der Waals surface area contributed by atoms with Gasteiger partial charge in [0.05, 0.1) is 12.0 Å². The van der Waals surface area contributed by atoms with E-state index in [4.69, 9.17) is 16.3 Å². The van der Waals surface area contributed by atoms with Crippen LogP contribution in [-0.2, 0) is 5.33 Å². The van der Waals surface area contributed by atoms with Crippen molar-refractivity contribution in [3.8, 4) is 5.75 Å². The fraction of sp³-hybridized carbons (Fsp3) is 0.250. The highest BCUT2D eigenvalue weighted by molar-refractivity contribution is 9.08. The highest BCUT2D eigenvalue weighted by Gasteiger charge is 2.18. The smallest absolute Gasteiger partial charge is 0.288 e. The van der Waals surface area contributed by atoms with Crippen LogP contribution in [-0.4, -0.2) is 12.0 Å². The van der Waals surface area contributed by atoms with Crippen LogP contribution in [0.15, 0.2) is 12.1 Å². The van der Waals surface area contributed by atoms with Crippen LogP contribution in [0.3, 0.4) is 0 Å². The quantitative estimate of drug-likeness (QED) is 0.485. The Kier molecular flexibility index (Phi) is 3.71. The van der Waals surface area contributed by atoms with Crippen molar-refractivity contribution in [1.29, 1.82) is 0 Å². The average molecular weight is 281 g/mol. The first-order valence-corrected chi connectivity index (χ1v) is 5.17. The lowest BCUT2D eigenvalue weighted by molar-refractivity contribution is -0.384. The van der Waals surface area contributed by atoms with Crippen LogP contribution in [0.1, 0.15) is 5.56 Å². The van der Waals surface area contributed by atoms with E-state index in [-0.39, 0.29) is 10.7 Å². The van der Waals surface area contributed by atoms with Gasteiger partial charge in [-0.15, -0.1) is 0 Å². The molecule has 0 heterocycles. The van der Waals surface area contributed by atoms with E-state index >= 15 is 0 Å². The first-order valence-electron chi connectivity index (χ1n) is 3.67. The molecular weight excluding hydrogens is 273 g/mol. The minimum atomic E-state index is -0.520. The summed E-state index contributed by atoms with van der Waals surface area (Å²) in [5.41, 5.74) is 0.477. The molecule has 6 heteroatoms. The summed E-state index contributed by atoms with van der Waals surface area (Å²) in [5.74, 6) is 0.539. The van der Waals surface area contributed by atoms with E-state index in [1.807, 2.05) is 0 Å². The summed E-state index contributed by atoms with van der Waals surface area (Å²) in [7, 11) is 1.49. The molecule has 0 aliphatic heterocycles. The monoisotopic (exact) mass is 279 g/mol. The number of nitrogens with zero attached hydrogens (tertiary/aromatic N) is 1. The molecule has 0 atom stereocenters. The maximum Gasteiger partial charge on any atom is 0.288 e. The number of halogens is 2. The molecule has 0 aromatic heterocycles. The Balaban J connectivity index is 3.34. The van der Waals surface area contributed by atoms with Crippen molar-refractivity contribution >= 4 is 33.2 Å². The summed E-state index contributed by atoms with van der Waals surface area (Å²) < 4.78 is 5.01. The maximum atomic E-state index is 10.6. The molecule has 1 rings (SSSR count). The molecular formula is C8H7BrClNO3. The van der Waals surface area contributed by atoms with E-state index in [0.717, 1.165) is 0 Å². The number of rotatable bonds is 3. The lowest BCUT2D eigenvalue weighted by atomic mass is 10.2. The maximum absolute atomic E-state index is 10.6. The summed E-state index contributed by atoms with van der Waals surface area (Å²) in [5, 5.41) is 11.1. The highest BCUT2D eigenvalue weighted by Crippen LogP contribution is 2.35. The van der Waals surface area contributed by atoms with E-state index in [1.54, 1.807) is 0 Å². The van der Waals surface area contributed by atoms with Gasteiger partial charge in [-0.1, -0.05) is 27.5 Å². The number of nitro benzene ring substituents is 1. The van der Waals surface area contributed by atoms with Gasteiger partial charge in [0, 0.05) is 17.0 Å². The van der Waals surface area contributed by atoms with Crippen molar-refractivity contribution in [2.24, 2.45) is 0 Å². The molecule has 0 aliphatic carbocycles. The Morgan fingerprint density at radius 1 is 1.64 bits per heavy atom. The Morgan fingerprint density at radius 2 is 2.29 bits per heavy atom. The minimum absolute atomic E-state index is 0.109. The van der Waals surface area contributed by atoms with Gasteiger partial charge in [0.1, 0.15) is 10.8 Å². The zero-order chi connectivity index (χ0) is 10.7. The molecule has 76 valence electrons. The van der Waals surface area contributed by atoms with Crippen molar-refractivity contribution < 1.29 is 9.66 Å². The summed E-state index contributed by atoms with van der Waals surface area (Å²) in [6.45, 7) is 0. The zero-order valence-electron chi connectivity index (χ0n) is 7.29. The predicted octanol–water partition coefficient (Wildman–Crippen LogP) is 3.15. The van der Waals surface area contributed by atoms with E-state index in [9.17, 15) is 10.1 Å². The molecule has 0 saturated heterocycles. The van der Waals surface area contributed by atoms with Gasteiger partial charge in [-0.2, -0.15) is 0 Å². The molecule has 0 radical (unpaired) electrons. The Bertz CT molecular complexity index is 370. The molecule has 0 bridgehead atoms. The van der Waals surface area contributed by atoms with Crippen LogP contribution in [0.2, 0.25) is 5.02 Å². The van der Waals surface area contributed by atoms with Gasteiger partial charge in [-0.3, -0.25) is 10.1 Å². The Morgan fingerprint density at radius 3 is 2.71 bits per heavy atom. The number of alkyl halides is 1. The van der Waals surface area contributed by atoms with Gasteiger partial charge in [0.2, 0.25) is 0 Å². The molecule has 1 aromatic rings. The molecule has 14 heavy (non-hydrogen) atoms. The molecule has 0 spiro atoms. The molecule has 0 unspecified atom stereocenters. The Hall–Kier alpha value is -0.810. The summed E-state index contributed by atoms with van der Waals surface area (Å²) >= 11 is 9.03. The first-order chi connectivity index (χ1) is 6.61. The number of methoxy groups -OCH3 is 1. The fourth-order valence-corrected chi connectivity index (χ4v) is 2.06. The number of benzene rings is 1. The van der Waals surface area contributed by atoms with E-state index in [1.165, 1.54) is 19.2 Å². The van der Waals surface area contributed by atoms with Crippen molar-refractivity contribution in [3.05, 3.63) is 32.8 Å². The number of nitro groups is 1. The largest absolute Gasteiger partial charge is 0.496 e. The average Bonchev–Trinajstić information content (AvgIpc) is 2.16. The second-order valence-electron chi connectivity index (χ2n) is 2.47. The van der Waals surface area contributed by atoms with Crippen molar-refractivity contribution in [2.45, 2.75) is 5.33 Å². The molecule has 0 fully saturated rings. The lowest BCUT2D eigenvalue weighted by Gasteiger charge is -2.07. The van der Waals surface area contributed by atoms with Gasteiger partial charge in [0.25, 0.3) is 5.69 Å². The Labute approximate surface area is 94.1 Å². The minimum Gasteiger partial charge on any atom is -0.496 e. The first kappa shape index (κ1) is 11.3. The third-order valence-electron chi connectivity index (χ3n) is 1.73. The molecule has 0 amide bonds. The van der Waals surface area contributed by atoms with Crippen LogP contribution >= 0.6 is 27.5 Å². The van der Waals surface area contributed by atoms with Crippen LogP contribution < -0.4 is 4.74 Å². The third kappa shape index (κ3) is 1.99. The summed E-state index contributed by atoms with van der Waals surface area (Å²) in [6, 6.07) is 2.86. The van der Waals surface area contributed by atoms with Crippen molar-refractivity contribution in [1.82, 2.24) is 0 Å². The summed E-state index contributed by atoms with van der Waals surface area (Å²) in [4.78, 5) is 10.0. The highest BCUT2D eigenvalue weighted by atomic mass is 79.9. The van der Waals surface area contributed by atoms with E-state index in [0.29, 0.717) is 16.6 Å². The number of ether oxygens (including phenoxy) is 1. The normalized spacial score (nSPS) is 9.93. The molecule has 0 saturated carbocycles. The predicted molar refractivity (Wildman–Crippen MR) is 57.3 cm³/mol. The van der Waals surface area contributed by atoms with E-state index < -0.39 is 4.92 Å². The van der Waals surface area contributed by atoms with Crippen LogP contribution in [0, 0.1) is 10.1 Å². The van der Waals surface area contributed by atoms with Gasteiger partial charge in [-0.25, -0.2) is 0 Å². The fourth-order valence-electron chi connectivity index (χ4n) is 1.05. The van der Waals surface area contributed by atoms with Crippen LogP contribution in [0.25, 0.3) is 0 Å². The molecule has 4 nitrogen and oxygen atoms in total. The second kappa shape index (κ2) is 4.61. The number of hydrogen-bond donors (Lipinski definition) is 0. The number of hydrogen-bond acceptors (Lipinski definition) is 3. The topological polar surface area (TPSA) is 52.4 Å². The van der Waals surface area contributed by atoms with Crippen LogP contribution in [0.5, 0.6) is 5.75 Å². The van der Waals surface area contributed by atoms with Crippen LogP contribution in [0.4, 0.5) is 5.69 Å².